The van der Waals surface area contributed by atoms with E-state index in [1.54, 1.807) is 0 Å². The van der Waals surface area contributed by atoms with Crippen LogP contribution in [0.3, 0.4) is 0 Å². The minimum Gasteiger partial charge on any atom is -0.364 e. The Balaban J connectivity index is 1.64. The van der Waals surface area contributed by atoms with Gasteiger partial charge in [-0.1, -0.05) is 36.4 Å². The smallest absolute Gasteiger partial charge is 0.0706 e. The van der Waals surface area contributed by atoms with E-state index >= 15 is 0 Å². The number of benzene rings is 1. The van der Waals surface area contributed by atoms with Gasteiger partial charge in [0.2, 0.25) is 0 Å². The van der Waals surface area contributed by atoms with Crippen molar-refractivity contribution in [1.29, 1.82) is 0 Å². The summed E-state index contributed by atoms with van der Waals surface area (Å²) in [5, 5.41) is 0. The predicted molar refractivity (Wildman–Crippen MR) is 93.3 cm³/mol. The zero-order chi connectivity index (χ0) is 15.5. The third-order valence-corrected chi connectivity index (χ3v) is 4.28. The van der Waals surface area contributed by atoms with E-state index in [2.05, 4.69) is 52.3 Å². The molecule has 0 unspecified atom stereocenters. The minimum absolute atomic E-state index is 0.847. The number of aryl methyl sites for hydroxylation is 1. The Labute approximate surface area is 136 Å². The SMILES string of the molecule is c1ccc(-c2ccc3c(n2)CCCN3Cc2ccccn2)cc1. The molecule has 2 aromatic heterocycles. The first-order valence-corrected chi connectivity index (χ1v) is 8.10. The average Bonchev–Trinajstić information content (AvgIpc) is 2.63. The molecule has 23 heavy (non-hydrogen) atoms. The van der Waals surface area contributed by atoms with Crippen molar-refractivity contribution in [3.8, 4) is 11.3 Å². The first kappa shape index (κ1) is 13.9. The van der Waals surface area contributed by atoms with Crippen LogP contribution in [0.5, 0.6) is 0 Å². The zero-order valence-corrected chi connectivity index (χ0v) is 13.0. The molecule has 4 rings (SSSR count). The topological polar surface area (TPSA) is 29.0 Å². The van der Waals surface area contributed by atoms with Gasteiger partial charge >= 0.3 is 0 Å². The van der Waals surface area contributed by atoms with Crippen molar-refractivity contribution in [3.05, 3.63) is 78.2 Å². The van der Waals surface area contributed by atoms with Gasteiger partial charge in [-0.25, -0.2) is 0 Å². The van der Waals surface area contributed by atoms with E-state index in [1.807, 2.05) is 24.4 Å². The highest BCUT2D eigenvalue weighted by Crippen LogP contribution is 2.29. The molecule has 1 aliphatic heterocycles. The Morgan fingerprint density at radius 1 is 0.913 bits per heavy atom. The third kappa shape index (κ3) is 2.95. The molecule has 3 heteroatoms. The minimum atomic E-state index is 0.847. The van der Waals surface area contributed by atoms with Crippen LogP contribution in [0, 0.1) is 0 Å². The van der Waals surface area contributed by atoms with Crippen molar-refractivity contribution < 1.29 is 0 Å². The Morgan fingerprint density at radius 3 is 2.61 bits per heavy atom. The Hall–Kier alpha value is -2.68. The fourth-order valence-electron chi connectivity index (χ4n) is 3.14. The van der Waals surface area contributed by atoms with Gasteiger partial charge in [0.25, 0.3) is 0 Å². The lowest BCUT2D eigenvalue weighted by molar-refractivity contribution is 0.671. The lowest BCUT2D eigenvalue weighted by Gasteiger charge is -2.30. The van der Waals surface area contributed by atoms with Crippen molar-refractivity contribution >= 4 is 5.69 Å². The molecular formula is C20H19N3. The highest BCUT2D eigenvalue weighted by molar-refractivity contribution is 5.64. The largest absolute Gasteiger partial charge is 0.364 e. The normalized spacial score (nSPS) is 13.7. The Morgan fingerprint density at radius 2 is 1.78 bits per heavy atom. The molecule has 3 aromatic rings. The highest BCUT2D eigenvalue weighted by Gasteiger charge is 2.19. The molecule has 1 aliphatic rings. The fraction of sp³-hybridized carbons (Fsp3) is 0.200. The molecule has 0 aliphatic carbocycles. The molecule has 0 bridgehead atoms. The van der Waals surface area contributed by atoms with Gasteiger partial charge in [-0.05, 0) is 37.1 Å². The van der Waals surface area contributed by atoms with Crippen LogP contribution in [-0.4, -0.2) is 16.5 Å². The van der Waals surface area contributed by atoms with Crippen molar-refractivity contribution in [3.63, 3.8) is 0 Å². The lowest BCUT2D eigenvalue weighted by atomic mass is 10.0. The number of aromatic nitrogens is 2. The van der Waals surface area contributed by atoms with Crippen LogP contribution >= 0.6 is 0 Å². The molecule has 0 saturated carbocycles. The van der Waals surface area contributed by atoms with E-state index in [4.69, 9.17) is 4.98 Å². The molecule has 3 heterocycles. The summed E-state index contributed by atoms with van der Waals surface area (Å²) in [6, 6.07) is 20.8. The molecule has 0 N–H and O–H groups in total. The molecule has 0 atom stereocenters. The summed E-state index contributed by atoms with van der Waals surface area (Å²) in [5.74, 6) is 0. The number of pyridine rings is 2. The van der Waals surface area contributed by atoms with Crippen molar-refractivity contribution in [1.82, 2.24) is 9.97 Å². The maximum Gasteiger partial charge on any atom is 0.0706 e. The van der Waals surface area contributed by atoms with Gasteiger partial charge in [0.1, 0.15) is 0 Å². The van der Waals surface area contributed by atoms with E-state index < -0.39 is 0 Å². The first-order chi connectivity index (χ1) is 11.4. The lowest BCUT2D eigenvalue weighted by Crippen LogP contribution is -2.29. The number of nitrogens with zero attached hydrogens (tertiary/aromatic N) is 3. The molecule has 0 saturated heterocycles. The van der Waals surface area contributed by atoms with Gasteiger partial charge < -0.3 is 4.90 Å². The summed E-state index contributed by atoms with van der Waals surface area (Å²) in [7, 11) is 0. The van der Waals surface area contributed by atoms with Gasteiger partial charge in [-0.3, -0.25) is 9.97 Å². The van der Waals surface area contributed by atoms with Crippen molar-refractivity contribution in [2.75, 3.05) is 11.4 Å². The van der Waals surface area contributed by atoms with E-state index in [0.29, 0.717) is 0 Å². The molecule has 0 fully saturated rings. The summed E-state index contributed by atoms with van der Waals surface area (Å²) in [4.78, 5) is 11.8. The summed E-state index contributed by atoms with van der Waals surface area (Å²) in [5.41, 5.74) is 5.80. The first-order valence-electron chi connectivity index (χ1n) is 8.10. The monoisotopic (exact) mass is 301 g/mol. The number of hydrogen-bond acceptors (Lipinski definition) is 3. The van der Waals surface area contributed by atoms with Crippen LogP contribution in [-0.2, 0) is 13.0 Å². The summed E-state index contributed by atoms with van der Waals surface area (Å²) in [6.45, 7) is 1.91. The number of hydrogen-bond donors (Lipinski definition) is 0. The maximum atomic E-state index is 4.91. The Bertz CT molecular complexity index is 784. The van der Waals surface area contributed by atoms with E-state index in [-0.39, 0.29) is 0 Å². The van der Waals surface area contributed by atoms with Crippen LogP contribution in [0.4, 0.5) is 5.69 Å². The number of rotatable bonds is 3. The standard InChI is InChI=1S/C20H19N3/c1-2-7-16(8-3-1)18-11-12-20-19(22-18)10-6-14-23(20)15-17-9-4-5-13-21-17/h1-5,7-9,11-13H,6,10,14-15H2. The van der Waals surface area contributed by atoms with Crippen LogP contribution in [0.2, 0.25) is 0 Å². The second-order valence-corrected chi connectivity index (χ2v) is 5.87. The van der Waals surface area contributed by atoms with Crippen LogP contribution in [0.15, 0.2) is 66.9 Å². The fourth-order valence-corrected chi connectivity index (χ4v) is 3.14. The average molecular weight is 301 g/mol. The van der Waals surface area contributed by atoms with E-state index in [9.17, 15) is 0 Å². The van der Waals surface area contributed by atoms with Crippen molar-refractivity contribution in [2.24, 2.45) is 0 Å². The molecule has 1 aromatic carbocycles. The van der Waals surface area contributed by atoms with Gasteiger partial charge in [-0.15, -0.1) is 0 Å². The third-order valence-electron chi connectivity index (χ3n) is 4.28. The molecular weight excluding hydrogens is 282 g/mol. The molecule has 114 valence electrons. The zero-order valence-electron chi connectivity index (χ0n) is 13.0. The van der Waals surface area contributed by atoms with Gasteiger partial charge in [-0.2, -0.15) is 0 Å². The highest BCUT2D eigenvalue weighted by atomic mass is 15.2. The maximum absolute atomic E-state index is 4.91. The van der Waals surface area contributed by atoms with Crippen LogP contribution in [0.1, 0.15) is 17.8 Å². The molecule has 3 nitrogen and oxygen atoms in total. The van der Waals surface area contributed by atoms with E-state index in [0.717, 1.165) is 37.3 Å². The Kier molecular flexibility index (Phi) is 3.76. The summed E-state index contributed by atoms with van der Waals surface area (Å²) >= 11 is 0. The number of anilines is 1. The van der Waals surface area contributed by atoms with E-state index in [1.165, 1.54) is 16.9 Å². The molecule has 0 amide bonds. The molecule has 0 spiro atoms. The summed E-state index contributed by atoms with van der Waals surface area (Å²) < 4.78 is 0. The second-order valence-electron chi connectivity index (χ2n) is 5.87. The number of fused-ring (bicyclic) bond motifs is 1. The van der Waals surface area contributed by atoms with Crippen LogP contribution in [0.25, 0.3) is 11.3 Å². The quantitative estimate of drug-likeness (QED) is 0.729. The van der Waals surface area contributed by atoms with Crippen molar-refractivity contribution in [2.45, 2.75) is 19.4 Å². The van der Waals surface area contributed by atoms with Gasteiger partial charge in [0.15, 0.2) is 0 Å². The summed E-state index contributed by atoms with van der Waals surface area (Å²) in [6.07, 6.45) is 4.05. The van der Waals surface area contributed by atoms with Gasteiger partial charge in [0, 0.05) is 18.3 Å². The predicted octanol–water partition coefficient (Wildman–Crippen LogP) is 4.10. The molecule has 0 radical (unpaired) electrons. The van der Waals surface area contributed by atoms with Gasteiger partial charge in [0.05, 0.1) is 29.3 Å². The second kappa shape index (κ2) is 6.21. The van der Waals surface area contributed by atoms with Crippen LogP contribution < -0.4 is 4.90 Å².